The summed E-state index contributed by atoms with van der Waals surface area (Å²) in [7, 11) is 0. The smallest absolute Gasteiger partial charge is 0.320 e. The fraction of sp³-hybridized carbons (Fsp3) is 0.500. The van der Waals surface area contributed by atoms with Crippen molar-refractivity contribution < 1.29 is 24.1 Å². The van der Waals surface area contributed by atoms with E-state index >= 15 is 0 Å². The maximum atomic E-state index is 11.5. The van der Waals surface area contributed by atoms with Crippen LogP contribution in [0.5, 0.6) is 17.2 Å². The van der Waals surface area contributed by atoms with Crippen LogP contribution in [-0.2, 0) is 16.1 Å². The Morgan fingerprint density at radius 3 is 2.65 bits per heavy atom. The number of nitrogens with one attached hydrogen (secondary N) is 1. The number of esters is 1. The summed E-state index contributed by atoms with van der Waals surface area (Å²) in [6.45, 7) is 6.01. The number of hydrogen-bond donors (Lipinski definition) is 2. The van der Waals surface area contributed by atoms with E-state index in [0.29, 0.717) is 23.6 Å². The van der Waals surface area contributed by atoms with Crippen LogP contribution < -0.4 is 14.8 Å². The number of carbonyl (C=O) groups is 1. The van der Waals surface area contributed by atoms with Gasteiger partial charge < -0.3 is 24.6 Å². The van der Waals surface area contributed by atoms with Gasteiger partial charge in [0.25, 0.3) is 0 Å². The largest absolute Gasteiger partial charge is 0.507 e. The summed E-state index contributed by atoms with van der Waals surface area (Å²) in [5.41, 5.74) is 0.137. The van der Waals surface area contributed by atoms with Crippen LogP contribution >= 0.6 is 0 Å². The molecule has 0 amide bonds. The van der Waals surface area contributed by atoms with Crippen LogP contribution in [0.2, 0.25) is 0 Å². The number of rotatable bonds is 4. The Balaban J connectivity index is 1.87. The molecule has 2 rings (SSSR count). The van der Waals surface area contributed by atoms with E-state index in [9.17, 15) is 9.90 Å². The molecule has 1 aromatic carbocycles. The first-order valence-corrected chi connectivity index (χ1v) is 6.39. The molecule has 6 nitrogen and oxygen atoms in total. The molecule has 2 N–H and O–H groups in total. The monoisotopic (exact) mass is 281 g/mol. The zero-order valence-electron chi connectivity index (χ0n) is 11.9. The molecule has 0 atom stereocenters. The minimum absolute atomic E-state index is 0.0746. The molecule has 0 aromatic heterocycles. The SMILES string of the molecule is CC(C)(C)OC(=O)CNCc1cc2c(cc1O)OCO2. The van der Waals surface area contributed by atoms with Gasteiger partial charge in [0.15, 0.2) is 11.5 Å². The number of carbonyl (C=O) groups excluding carboxylic acids is 1. The predicted molar refractivity (Wildman–Crippen MR) is 71.8 cm³/mol. The lowest BCUT2D eigenvalue weighted by Crippen LogP contribution is -2.31. The highest BCUT2D eigenvalue weighted by molar-refractivity contribution is 5.72. The molecule has 0 saturated carbocycles. The number of phenolic OH excluding ortho intramolecular Hbond substituents is 1. The Kier molecular flexibility index (Phi) is 4.04. The molecule has 0 bridgehead atoms. The van der Waals surface area contributed by atoms with Gasteiger partial charge in [0.05, 0.1) is 6.54 Å². The van der Waals surface area contributed by atoms with Crippen molar-refractivity contribution >= 4 is 5.97 Å². The van der Waals surface area contributed by atoms with Crippen molar-refractivity contribution in [1.82, 2.24) is 5.32 Å². The first-order valence-electron chi connectivity index (χ1n) is 6.39. The van der Waals surface area contributed by atoms with Gasteiger partial charge in [0.1, 0.15) is 11.4 Å². The van der Waals surface area contributed by atoms with Gasteiger partial charge in [-0.25, -0.2) is 0 Å². The summed E-state index contributed by atoms with van der Waals surface area (Å²) in [6.07, 6.45) is 0. The fourth-order valence-corrected chi connectivity index (χ4v) is 1.79. The van der Waals surface area contributed by atoms with E-state index in [0.717, 1.165) is 0 Å². The van der Waals surface area contributed by atoms with Crippen LogP contribution in [0, 0.1) is 0 Å². The molecule has 1 aliphatic rings. The number of aromatic hydroxyl groups is 1. The Hall–Kier alpha value is -1.95. The zero-order valence-corrected chi connectivity index (χ0v) is 11.9. The van der Waals surface area contributed by atoms with E-state index in [4.69, 9.17) is 14.2 Å². The molecule has 1 aromatic rings. The summed E-state index contributed by atoms with van der Waals surface area (Å²) in [5, 5.41) is 12.8. The molecule has 0 aliphatic carbocycles. The number of ether oxygens (including phenoxy) is 3. The molecule has 0 unspecified atom stereocenters. The molecule has 110 valence electrons. The maximum absolute atomic E-state index is 11.5. The average Bonchev–Trinajstić information content (AvgIpc) is 2.73. The second kappa shape index (κ2) is 5.58. The first kappa shape index (κ1) is 14.5. The summed E-state index contributed by atoms with van der Waals surface area (Å²) in [4.78, 5) is 11.5. The molecule has 0 saturated heterocycles. The topological polar surface area (TPSA) is 77.0 Å². The predicted octanol–water partition coefficient (Wildman–Crippen LogP) is 1.55. The fourth-order valence-electron chi connectivity index (χ4n) is 1.79. The zero-order chi connectivity index (χ0) is 14.8. The lowest BCUT2D eigenvalue weighted by molar-refractivity contribution is -0.153. The third kappa shape index (κ3) is 3.77. The summed E-state index contributed by atoms with van der Waals surface area (Å²) < 4.78 is 15.6. The molecular weight excluding hydrogens is 262 g/mol. The van der Waals surface area contributed by atoms with E-state index in [-0.39, 0.29) is 25.1 Å². The minimum atomic E-state index is -0.500. The van der Waals surface area contributed by atoms with Gasteiger partial charge >= 0.3 is 5.97 Å². The van der Waals surface area contributed by atoms with Crippen LogP contribution in [0.4, 0.5) is 0 Å². The summed E-state index contributed by atoms with van der Waals surface area (Å²) >= 11 is 0. The standard InChI is InChI=1S/C14H19NO5/c1-14(2,3)20-13(17)7-15-6-9-4-11-12(5-10(9)16)19-8-18-11/h4-5,15-16H,6-8H2,1-3H3. The van der Waals surface area contributed by atoms with E-state index in [1.165, 1.54) is 6.07 Å². The van der Waals surface area contributed by atoms with Crippen molar-refractivity contribution in [1.29, 1.82) is 0 Å². The lowest BCUT2D eigenvalue weighted by atomic mass is 10.1. The molecule has 0 radical (unpaired) electrons. The van der Waals surface area contributed by atoms with Crippen molar-refractivity contribution in [3.63, 3.8) is 0 Å². The second-order valence-corrected chi connectivity index (χ2v) is 5.52. The van der Waals surface area contributed by atoms with E-state index < -0.39 is 5.60 Å². The third-order valence-electron chi connectivity index (χ3n) is 2.58. The molecule has 20 heavy (non-hydrogen) atoms. The highest BCUT2D eigenvalue weighted by Gasteiger charge is 2.18. The summed E-state index contributed by atoms with van der Waals surface area (Å²) in [5.74, 6) is 0.888. The molecule has 0 fully saturated rings. The Bertz CT molecular complexity index is 507. The highest BCUT2D eigenvalue weighted by Crippen LogP contribution is 2.37. The van der Waals surface area contributed by atoms with Crippen molar-refractivity contribution in [3.05, 3.63) is 17.7 Å². The van der Waals surface area contributed by atoms with E-state index in [2.05, 4.69) is 5.32 Å². The van der Waals surface area contributed by atoms with Crippen LogP contribution in [0.25, 0.3) is 0 Å². The van der Waals surface area contributed by atoms with Gasteiger partial charge in [0, 0.05) is 18.2 Å². The van der Waals surface area contributed by atoms with Crippen LogP contribution in [0.3, 0.4) is 0 Å². The molecular formula is C14H19NO5. The van der Waals surface area contributed by atoms with E-state index in [1.54, 1.807) is 6.07 Å². The molecule has 6 heteroatoms. The molecule has 1 heterocycles. The van der Waals surface area contributed by atoms with Gasteiger partial charge in [-0.15, -0.1) is 0 Å². The lowest BCUT2D eigenvalue weighted by Gasteiger charge is -2.19. The van der Waals surface area contributed by atoms with Crippen molar-refractivity contribution in [3.8, 4) is 17.2 Å². The van der Waals surface area contributed by atoms with Crippen LogP contribution in [-0.4, -0.2) is 30.0 Å². The number of benzene rings is 1. The number of hydrogen-bond acceptors (Lipinski definition) is 6. The van der Waals surface area contributed by atoms with Gasteiger partial charge in [-0.05, 0) is 26.8 Å². The van der Waals surface area contributed by atoms with Gasteiger partial charge in [-0.1, -0.05) is 0 Å². The molecule has 0 spiro atoms. The van der Waals surface area contributed by atoms with Crippen molar-refractivity contribution in [2.75, 3.05) is 13.3 Å². The Morgan fingerprint density at radius 2 is 2.00 bits per heavy atom. The Morgan fingerprint density at radius 1 is 1.35 bits per heavy atom. The first-order chi connectivity index (χ1) is 9.35. The van der Waals surface area contributed by atoms with Crippen LogP contribution in [0.15, 0.2) is 12.1 Å². The average molecular weight is 281 g/mol. The van der Waals surface area contributed by atoms with Gasteiger partial charge in [-0.3, -0.25) is 4.79 Å². The number of fused-ring (bicyclic) bond motifs is 1. The van der Waals surface area contributed by atoms with Crippen LogP contribution in [0.1, 0.15) is 26.3 Å². The van der Waals surface area contributed by atoms with E-state index in [1.807, 2.05) is 20.8 Å². The van der Waals surface area contributed by atoms with Crippen molar-refractivity contribution in [2.45, 2.75) is 32.9 Å². The van der Waals surface area contributed by atoms with Gasteiger partial charge in [-0.2, -0.15) is 0 Å². The quantitative estimate of drug-likeness (QED) is 0.815. The Labute approximate surface area is 117 Å². The second-order valence-electron chi connectivity index (χ2n) is 5.52. The minimum Gasteiger partial charge on any atom is -0.507 e. The third-order valence-corrected chi connectivity index (χ3v) is 2.58. The maximum Gasteiger partial charge on any atom is 0.320 e. The highest BCUT2D eigenvalue weighted by atomic mass is 16.7. The van der Waals surface area contributed by atoms with Crippen molar-refractivity contribution in [2.24, 2.45) is 0 Å². The number of phenols is 1. The molecule has 1 aliphatic heterocycles. The van der Waals surface area contributed by atoms with Gasteiger partial charge in [0.2, 0.25) is 6.79 Å². The summed E-state index contributed by atoms with van der Waals surface area (Å²) in [6, 6.07) is 3.20. The normalized spacial score (nSPS) is 13.3.